The molecule has 0 atom stereocenters. The molecule has 7 aliphatic rings. The van der Waals surface area contributed by atoms with Crippen LogP contribution in [0.25, 0.3) is 5.70 Å². The van der Waals surface area contributed by atoms with Gasteiger partial charge in [-0.3, -0.25) is 9.59 Å². The van der Waals surface area contributed by atoms with E-state index in [2.05, 4.69) is 91.7 Å². The van der Waals surface area contributed by atoms with Gasteiger partial charge in [0.05, 0.1) is 18.6 Å². The molecule has 18 nitrogen and oxygen atoms in total. The monoisotopic (exact) mass is 1050 g/mol. The average molecular weight is 1050 g/mol. The molecule has 24 heteroatoms. The highest BCUT2D eigenvalue weighted by atomic mass is 19.4. The molecule has 76 heavy (non-hydrogen) atoms. The Bertz CT molecular complexity index is 2990. The average Bonchev–Trinajstić information content (AvgIpc) is 4.18. The van der Waals surface area contributed by atoms with Gasteiger partial charge in [0.1, 0.15) is 5.82 Å². The van der Waals surface area contributed by atoms with E-state index in [0.717, 1.165) is 84.5 Å². The minimum atomic E-state index is -4.58. The van der Waals surface area contributed by atoms with E-state index < -0.39 is 43.4 Å². The lowest BCUT2D eigenvalue weighted by Gasteiger charge is -2.20. The lowest BCUT2D eigenvalue weighted by Crippen LogP contribution is -2.38. The van der Waals surface area contributed by atoms with Crippen LogP contribution in [-0.2, 0) is 23.3 Å². The second kappa shape index (κ2) is 24.1. The van der Waals surface area contributed by atoms with Crippen molar-refractivity contribution in [3.63, 3.8) is 0 Å². The fraction of sp³-hybridized carbons (Fsp3) is 0.308. The fourth-order valence-corrected chi connectivity index (χ4v) is 7.71. The second-order valence-electron chi connectivity index (χ2n) is 17.9. The lowest BCUT2D eigenvalue weighted by atomic mass is 10.0. The molecule has 398 valence electrons. The summed E-state index contributed by atoms with van der Waals surface area (Å²) in [6.45, 7) is 6.85. The van der Waals surface area contributed by atoms with Crippen molar-refractivity contribution in [3.8, 4) is 12.0 Å². The van der Waals surface area contributed by atoms with Gasteiger partial charge in [-0.05, 0) is 103 Å². The van der Waals surface area contributed by atoms with Gasteiger partial charge in [-0.2, -0.15) is 56.2 Å². The van der Waals surface area contributed by atoms with Crippen LogP contribution in [0.15, 0.2) is 116 Å². The summed E-state index contributed by atoms with van der Waals surface area (Å²) in [5.74, 6) is -0.430. The van der Waals surface area contributed by atoms with Gasteiger partial charge in [0.15, 0.2) is 13.2 Å². The van der Waals surface area contributed by atoms with Crippen molar-refractivity contribution in [2.75, 3.05) is 66.0 Å². The van der Waals surface area contributed by atoms with Crippen LogP contribution in [-0.4, -0.2) is 93.5 Å². The Hall–Kier alpha value is -8.70. The highest BCUT2D eigenvalue weighted by Crippen LogP contribution is 2.48. The molecule has 8 heterocycles. The maximum Gasteiger partial charge on any atom is 0.422 e. The Kier molecular flexibility index (Phi) is 17.0. The van der Waals surface area contributed by atoms with Crippen LogP contribution >= 0.6 is 0 Å². The highest BCUT2D eigenvalue weighted by Gasteiger charge is 2.45. The van der Waals surface area contributed by atoms with Crippen LogP contribution in [0.1, 0.15) is 70.5 Å². The van der Waals surface area contributed by atoms with E-state index in [-0.39, 0.29) is 54.6 Å². The third-order valence-corrected chi connectivity index (χ3v) is 11.7. The van der Waals surface area contributed by atoms with Gasteiger partial charge in [0.25, 0.3) is 5.91 Å². The van der Waals surface area contributed by atoms with Gasteiger partial charge in [0, 0.05) is 60.1 Å². The predicted octanol–water partition coefficient (Wildman–Crippen LogP) is 8.61. The van der Waals surface area contributed by atoms with Crippen LogP contribution in [0.3, 0.4) is 0 Å². The molecule has 0 radical (unpaired) electrons. The van der Waals surface area contributed by atoms with Crippen molar-refractivity contribution >= 4 is 52.4 Å². The summed E-state index contributed by atoms with van der Waals surface area (Å²) >= 11 is 0. The smallest absolute Gasteiger partial charge is 0.422 e. The molecule has 6 aromatic rings. The van der Waals surface area contributed by atoms with Crippen molar-refractivity contribution in [2.24, 2.45) is 0 Å². The molecule has 12 bridgehead atoms. The quantitative estimate of drug-likeness (QED) is 0.0774. The van der Waals surface area contributed by atoms with Crippen LogP contribution in [0.5, 0.6) is 12.0 Å². The van der Waals surface area contributed by atoms with Crippen LogP contribution in [0.2, 0.25) is 0 Å². The maximum atomic E-state index is 12.8. The summed E-state index contributed by atoms with van der Waals surface area (Å²) in [6, 6.07) is 28.4. The maximum absolute atomic E-state index is 12.8. The Morgan fingerprint density at radius 2 is 1.17 bits per heavy atom. The molecular weight excluding hydrogens is 999 g/mol. The van der Waals surface area contributed by atoms with E-state index in [9.17, 15) is 35.9 Å². The van der Waals surface area contributed by atoms with E-state index in [1.165, 1.54) is 12.1 Å². The predicted molar refractivity (Wildman–Crippen MR) is 274 cm³/mol. The number of amides is 2. The third-order valence-electron chi connectivity index (χ3n) is 11.7. The number of anilines is 6. The van der Waals surface area contributed by atoms with Crippen LogP contribution in [0, 0.1) is 0 Å². The minimum absolute atomic E-state index is 0.0101. The SMILES string of the molecule is C=C1CNC(=O)CNC(=O)c2ccc(cc2)Nc2nc(nc(OCC(F)(F)F)n2)NCc2ccc(cc2)N1.C=C1NCCCCCNc2cccc(c2)C2(CC2)Nc2nc(nc(OCC(F)(F)F)n2)Cc2ccc1cc2. The molecule has 6 aliphatic heterocycles. The molecule has 0 unspecified atom stereocenters. The minimum Gasteiger partial charge on any atom is -0.454 e. The molecule has 2 aromatic heterocycles. The first kappa shape index (κ1) is 53.6. The number of hydrogen-bond acceptors (Lipinski definition) is 16. The zero-order valence-corrected chi connectivity index (χ0v) is 40.9. The molecule has 8 N–H and O–H groups in total. The Morgan fingerprint density at radius 1 is 0.553 bits per heavy atom. The molecular formula is C52H54F6N14O4. The van der Waals surface area contributed by atoms with Crippen molar-refractivity contribution in [2.45, 2.75) is 63.0 Å². The number of alkyl halides is 6. The zero-order valence-electron chi connectivity index (χ0n) is 40.9. The number of ether oxygens (including phenoxy) is 2. The Balaban J connectivity index is 0.000000201. The molecule has 1 aliphatic carbocycles. The number of nitrogens with zero attached hydrogens (tertiary/aromatic N) is 6. The highest BCUT2D eigenvalue weighted by molar-refractivity contribution is 5.96. The Morgan fingerprint density at radius 3 is 1.87 bits per heavy atom. The second-order valence-corrected chi connectivity index (χ2v) is 17.9. The molecule has 1 spiro atoms. The van der Waals surface area contributed by atoms with Gasteiger partial charge in [-0.15, -0.1) is 0 Å². The van der Waals surface area contributed by atoms with Gasteiger partial charge < -0.3 is 52.0 Å². The molecule has 0 saturated heterocycles. The zero-order chi connectivity index (χ0) is 53.7. The summed E-state index contributed by atoms with van der Waals surface area (Å²) < 4.78 is 86.2. The molecule has 13 rings (SSSR count). The van der Waals surface area contributed by atoms with E-state index >= 15 is 0 Å². The summed E-state index contributed by atoms with van der Waals surface area (Å²) in [4.78, 5) is 49.4. The summed E-state index contributed by atoms with van der Waals surface area (Å²) in [5.41, 5.74) is 7.27. The van der Waals surface area contributed by atoms with E-state index in [4.69, 9.17) is 9.47 Å². The number of rotatable bonds is 4. The van der Waals surface area contributed by atoms with Crippen molar-refractivity contribution < 1.29 is 45.4 Å². The topological polar surface area (TPSA) is 226 Å². The first-order chi connectivity index (χ1) is 36.4. The Labute approximate surface area is 433 Å². The number of halogens is 6. The number of hydrogen-bond donors (Lipinski definition) is 8. The number of carbonyl (C=O) groups is 2. The number of fused-ring (bicyclic) bond motifs is 9. The standard InChI is InChI=1S/C28H31F3N6O.C24H23F3N8O3/c1-19-21-10-8-20(9-11-21)16-24-34-25(36-26(35-24)38-18-28(29,30)31)37-27(12-13-27)22-6-5-7-23(17-22)33-15-4-2-3-14-32-19;1-14-10-28-19(36)12-29-20(37)16-4-8-18(9-5-16)32-22-33-21(34-23(35-22)38-13-24(25,26)27)30-11-15-2-6-17(31-14)7-3-15/h5-11,17,32-33H,1-4,12-16,18H2,(H,34,35,36,37);2-9,31H,1,10-13H2,(H,28,36)(H,29,37)(H2,30,32,33,34,35). The largest absolute Gasteiger partial charge is 0.454 e. The lowest BCUT2D eigenvalue weighted by molar-refractivity contribution is -0.155. The molecule has 1 fully saturated rings. The van der Waals surface area contributed by atoms with E-state index in [1.54, 1.807) is 24.3 Å². The summed E-state index contributed by atoms with van der Waals surface area (Å²) in [6.07, 6.45) is -3.87. The van der Waals surface area contributed by atoms with Crippen LogP contribution < -0.4 is 52.0 Å². The number of benzene rings is 4. The fourth-order valence-electron chi connectivity index (χ4n) is 7.71. The number of carbonyl (C=O) groups excluding carboxylic acids is 2. The first-order valence-electron chi connectivity index (χ1n) is 24.2. The van der Waals surface area contributed by atoms with Gasteiger partial charge in [-0.1, -0.05) is 61.7 Å². The number of nitrogens with one attached hydrogen (secondary N) is 8. The number of aromatic nitrogens is 6. The van der Waals surface area contributed by atoms with Gasteiger partial charge in [0.2, 0.25) is 23.8 Å². The van der Waals surface area contributed by atoms with Gasteiger partial charge >= 0.3 is 24.4 Å². The first-order valence-corrected chi connectivity index (χ1v) is 24.2. The molecule has 2 amide bonds. The molecule has 4 aromatic carbocycles. The summed E-state index contributed by atoms with van der Waals surface area (Å²) in [7, 11) is 0. The molecule has 1 saturated carbocycles. The summed E-state index contributed by atoms with van der Waals surface area (Å²) in [5, 5.41) is 24.3. The van der Waals surface area contributed by atoms with Crippen molar-refractivity contribution in [1.82, 2.24) is 45.9 Å². The van der Waals surface area contributed by atoms with Gasteiger partial charge in [-0.25, -0.2) is 0 Å². The van der Waals surface area contributed by atoms with Crippen molar-refractivity contribution in [3.05, 3.63) is 150 Å². The third kappa shape index (κ3) is 16.4. The van der Waals surface area contributed by atoms with Crippen LogP contribution in [0.4, 0.5) is 61.2 Å². The normalized spacial score (nSPS) is 16.1. The van der Waals surface area contributed by atoms with E-state index in [0.29, 0.717) is 23.6 Å². The van der Waals surface area contributed by atoms with Crippen molar-refractivity contribution in [1.29, 1.82) is 0 Å². The van der Waals surface area contributed by atoms with E-state index in [1.807, 2.05) is 54.6 Å².